The lowest BCUT2D eigenvalue weighted by atomic mass is 10.2. The van der Waals surface area contributed by atoms with Gasteiger partial charge in [0.1, 0.15) is 0 Å². The Bertz CT molecular complexity index is 1030. The van der Waals surface area contributed by atoms with Gasteiger partial charge in [0.15, 0.2) is 18.1 Å². The van der Waals surface area contributed by atoms with Gasteiger partial charge in [-0.05, 0) is 77.9 Å². The molecule has 3 N–H and O–H groups in total. The standard InChI is InChI=1S/C22H24ClIN4O5/c1-4-13(2)26-21(30)22(31)28-25-11-14-9-17(24)20(18(10-14)32-3)33-12-19(29)27-16-7-5-15(23)6-8-16/h5-11,13H,4,12H2,1-3H3,(H,26,30)(H,27,29)(H,28,31)/b25-11-/t13-/m1/s1. The number of amides is 3. The van der Waals surface area contributed by atoms with Gasteiger partial charge in [0.05, 0.1) is 16.9 Å². The zero-order valence-corrected chi connectivity index (χ0v) is 21.2. The fourth-order valence-electron chi connectivity index (χ4n) is 2.43. The van der Waals surface area contributed by atoms with Crippen molar-refractivity contribution in [3.8, 4) is 11.5 Å². The molecule has 0 aliphatic carbocycles. The summed E-state index contributed by atoms with van der Waals surface area (Å²) in [4.78, 5) is 35.7. The normalized spacial score (nSPS) is 11.5. The molecule has 0 bridgehead atoms. The number of nitrogens with one attached hydrogen (secondary N) is 3. The van der Waals surface area contributed by atoms with Gasteiger partial charge >= 0.3 is 11.8 Å². The Morgan fingerprint density at radius 3 is 2.52 bits per heavy atom. The second kappa shape index (κ2) is 13.0. The third-order valence-electron chi connectivity index (χ3n) is 4.30. The number of hydrazone groups is 1. The van der Waals surface area contributed by atoms with Crippen molar-refractivity contribution in [3.05, 3.63) is 50.6 Å². The van der Waals surface area contributed by atoms with Gasteiger partial charge in [0, 0.05) is 16.8 Å². The SMILES string of the molecule is CC[C@@H](C)NC(=O)C(=O)N/N=C\c1cc(I)c(OCC(=O)Nc2ccc(Cl)cc2)c(OC)c1. The minimum absolute atomic E-state index is 0.112. The highest BCUT2D eigenvalue weighted by atomic mass is 127. The van der Waals surface area contributed by atoms with E-state index >= 15 is 0 Å². The predicted molar refractivity (Wildman–Crippen MR) is 135 cm³/mol. The van der Waals surface area contributed by atoms with Crippen molar-refractivity contribution in [1.29, 1.82) is 0 Å². The third kappa shape index (κ3) is 8.54. The van der Waals surface area contributed by atoms with Crippen molar-refractivity contribution in [1.82, 2.24) is 10.7 Å². The van der Waals surface area contributed by atoms with E-state index in [2.05, 4.69) is 21.2 Å². The van der Waals surface area contributed by atoms with E-state index in [1.807, 2.05) is 29.5 Å². The lowest BCUT2D eigenvalue weighted by Gasteiger charge is -2.13. The molecule has 0 aliphatic rings. The van der Waals surface area contributed by atoms with Gasteiger partial charge in [-0.15, -0.1) is 0 Å². The first kappa shape index (κ1) is 26.4. The van der Waals surface area contributed by atoms with E-state index in [1.165, 1.54) is 13.3 Å². The van der Waals surface area contributed by atoms with Gasteiger partial charge in [-0.1, -0.05) is 18.5 Å². The molecule has 2 aromatic rings. The fourth-order valence-corrected chi connectivity index (χ4v) is 3.34. The minimum atomic E-state index is -0.861. The summed E-state index contributed by atoms with van der Waals surface area (Å²) < 4.78 is 11.7. The number of rotatable bonds is 9. The number of carbonyl (C=O) groups is 3. The molecule has 0 aromatic heterocycles. The number of methoxy groups -OCH3 is 1. The lowest BCUT2D eigenvalue weighted by Crippen LogP contribution is -2.41. The molecule has 0 saturated heterocycles. The van der Waals surface area contributed by atoms with Crippen LogP contribution in [0.4, 0.5) is 5.69 Å². The van der Waals surface area contributed by atoms with E-state index in [0.717, 1.165) is 0 Å². The molecular formula is C22H24ClIN4O5. The molecule has 9 nitrogen and oxygen atoms in total. The molecule has 2 rings (SSSR count). The summed E-state index contributed by atoms with van der Waals surface area (Å²) in [5.41, 5.74) is 3.37. The lowest BCUT2D eigenvalue weighted by molar-refractivity contribution is -0.139. The summed E-state index contributed by atoms with van der Waals surface area (Å²) in [6.07, 6.45) is 2.08. The maximum absolute atomic E-state index is 12.2. The molecule has 11 heteroatoms. The van der Waals surface area contributed by atoms with Crippen LogP contribution in [0, 0.1) is 3.57 Å². The van der Waals surface area contributed by atoms with Gasteiger partial charge in [0.2, 0.25) is 0 Å². The van der Waals surface area contributed by atoms with Crippen LogP contribution < -0.4 is 25.5 Å². The number of halogens is 2. The van der Waals surface area contributed by atoms with Crippen molar-refractivity contribution in [2.24, 2.45) is 5.10 Å². The average Bonchev–Trinajstić information content (AvgIpc) is 2.79. The van der Waals surface area contributed by atoms with Crippen LogP contribution in [-0.2, 0) is 14.4 Å². The molecule has 3 amide bonds. The number of anilines is 1. The topological polar surface area (TPSA) is 118 Å². The molecule has 0 fully saturated rings. The maximum Gasteiger partial charge on any atom is 0.329 e. The number of benzene rings is 2. The van der Waals surface area contributed by atoms with Gasteiger partial charge in [-0.2, -0.15) is 5.10 Å². The van der Waals surface area contributed by atoms with Crippen LogP contribution in [0.5, 0.6) is 11.5 Å². The first-order valence-electron chi connectivity index (χ1n) is 9.93. The molecule has 0 aliphatic heterocycles. The van der Waals surface area contributed by atoms with Crippen LogP contribution in [0.15, 0.2) is 41.5 Å². The van der Waals surface area contributed by atoms with Crippen molar-refractivity contribution in [3.63, 3.8) is 0 Å². The molecule has 176 valence electrons. The number of nitrogens with zero attached hydrogens (tertiary/aromatic N) is 1. The quantitative estimate of drug-likeness (QED) is 0.180. The van der Waals surface area contributed by atoms with E-state index in [4.69, 9.17) is 21.1 Å². The minimum Gasteiger partial charge on any atom is -0.493 e. The van der Waals surface area contributed by atoms with Crippen LogP contribution in [0.1, 0.15) is 25.8 Å². The number of ether oxygens (including phenoxy) is 2. The fraction of sp³-hybridized carbons (Fsp3) is 0.273. The summed E-state index contributed by atoms with van der Waals surface area (Å²) in [6.45, 7) is 3.47. The molecule has 1 atom stereocenters. The van der Waals surface area contributed by atoms with Crippen molar-refractivity contribution in [2.75, 3.05) is 19.0 Å². The first-order valence-corrected chi connectivity index (χ1v) is 11.4. The Balaban J connectivity index is 1.98. The zero-order chi connectivity index (χ0) is 24.4. The largest absolute Gasteiger partial charge is 0.493 e. The Labute approximate surface area is 210 Å². The van der Waals surface area contributed by atoms with E-state index in [0.29, 0.717) is 37.8 Å². The summed E-state index contributed by atoms with van der Waals surface area (Å²) in [5, 5.41) is 9.64. The van der Waals surface area contributed by atoms with E-state index < -0.39 is 11.8 Å². The van der Waals surface area contributed by atoms with Gasteiger partial charge in [-0.3, -0.25) is 14.4 Å². The van der Waals surface area contributed by atoms with Crippen LogP contribution in [-0.4, -0.2) is 43.7 Å². The van der Waals surface area contributed by atoms with Crippen LogP contribution in [0.25, 0.3) is 0 Å². The zero-order valence-electron chi connectivity index (χ0n) is 18.3. The Morgan fingerprint density at radius 1 is 1.18 bits per heavy atom. The molecule has 0 heterocycles. The monoisotopic (exact) mass is 586 g/mol. The number of carbonyl (C=O) groups excluding carboxylic acids is 3. The van der Waals surface area contributed by atoms with Crippen molar-refractivity contribution < 1.29 is 23.9 Å². The summed E-state index contributed by atoms with van der Waals surface area (Å²) in [6, 6.07) is 9.96. The summed E-state index contributed by atoms with van der Waals surface area (Å²) >= 11 is 7.88. The van der Waals surface area contributed by atoms with Gasteiger partial charge in [-0.25, -0.2) is 5.43 Å². The van der Waals surface area contributed by atoms with E-state index in [1.54, 1.807) is 43.3 Å². The molecule has 0 radical (unpaired) electrons. The second-order valence-corrected chi connectivity index (χ2v) is 8.46. The van der Waals surface area contributed by atoms with E-state index in [9.17, 15) is 14.4 Å². The molecule has 33 heavy (non-hydrogen) atoms. The molecule has 0 unspecified atom stereocenters. The Hall–Kier alpha value is -2.86. The highest BCUT2D eigenvalue weighted by Gasteiger charge is 2.15. The number of hydrogen-bond donors (Lipinski definition) is 3. The highest BCUT2D eigenvalue weighted by molar-refractivity contribution is 14.1. The van der Waals surface area contributed by atoms with Gasteiger partial charge in [0.25, 0.3) is 5.91 Å². The Morgan fingerprint density at radius 2 is 1.88 bits per heavy atom. The molecule has 0 saturated carbocycles. The van der Waals surface area contributed by atoms with Crippen LogP contribution >= 0.6 is 34.2 Å². The van der Waals surface area contributed by atoms with Crippen molar-refractivity contribution >= 4 is 63.8 Å². The third-order valence-corrected chi connectivity index (χ3v) is 5.36. The van der Waals surface area contributed by atoms with E-state index in [-0.39, 0.29) is 18.6 Å². The number of hydrogen-bond acceptors (Lipinski definition) is 6. The van der Waals surface area contributed by atoms with Crippen molar-refractivity contribution in [2.45, 2.75) is 26.3 Å². The molecule has 0 spiro atoms. The first-order chi connectivity index (χ1) is 15.7. The predicted octanol–water partition coefficient (Wildman–Crippen LogP) is 3.34. The second-order valence-electron chi connectivity index (χ2n) is 6.86. The molecule has 2 aromatic carbocycles. The average molecular weight is 587 g/mol. The van der Waals surface area contributed by atoms with Crippen LogP contribution in [0.3, 0.4) is 0 Å². The maximum atomic E-state index is 12.2. The Kier molecular flexibility index (Phi) is 10.4. The van der Waals surface area contributed by atoms with Gasteiger partial charge < -0.3 is 20.1 Å². The summed E-state index contributed by atoms with van der Waals surface area (Å²) in [5.74, 6) is -1.20. The highest BCUT2D eigenvalue weighted by Crippen LogP contribution is 2.33. The van der Waals surface area contributed by atoms with Crippen LogP contribution in [0.2, 0.25) is 5.02 Å². The smallest absolute Gasteiger partial charge is 0.329 e. The molecular weight excluding hydrogens is 563 g/mol. The summed E-state index contributed by atoms with van der Waals surface area (Å²) in [7, 11) is 1.47.